The molecule has 0 aliphatic heterocycles. The summed E-state index contributed by atoms with van der Waals surface area (Å²) in [7, 11) is 3.04. The van der Waals surface area contributed by atoms with E-state index in [1.165, 1.54) is 21.1 Å². The Morgan fingerprint density at radius 1 is 0.960 bits per heavy atom. The topological polar surface area (TPSA) is 78.4 Å². The molecule has 0 saturated carbocycles. The fourth-order valence-corrected chi connectivity index (χ4v) is 1.84. The molecule has 2 rings (SSSR count). The summed E-state index contributed by atoms with van der Waals surface area (Å²) in [6.07, 6.45) is 3.10. The fraction of sp³-hybridized carbons (Fsp3) is 0.250. The average Bonchev–Trinajstić information content (AvgIpc) is 2.69. The molecule has 2 heterocycles. The smallest absolute Gasteiger partial charge is 0.213 e. The largest absolute Gasteiger partial charge is 0.481 e. The molecule has 2 aromatic rings. The number of carbonyl (C=O) groups is 2. The lowest BCUT2D eigenvalue weighted by Gasteiger charge is -1.99. The Labute approximate surface area is 170 Å². The van der Waals surface area contributed by atoms with Crippen molar-refractivity contribution in [3.63, 3.8) is 0 Å². The zero-order valence-electron chi connectivity index (χ0n) is 13.8. The van der Waals surface area contributed by atoms with E-state index in [1.807, 2.05) is 0 Å². The number of halogens is 3. The minimum Gasteiger partial charge on any atom is -0.481 e. The molecule has 0 fully saturated rings. The second-order valence-corrected chi connectivity index (χ2v) is 4.85. The molecule has 0 aromatic carbocycles. The summed E-state index contributed by atoms with van der Waals surface area (Å²) in [5.74, 6) is 0.973. The van der Waals surface area contributed by atoms with Crippen LogP contribution in [0, 0.1) is 0 Å². The quantitative estimate of drug-likeness (QED) is 0.406. The first-order valence-electron chi connectivity index (χ1n) is 6.76. The molecular formula is C16H17Br3N2O4. The Hall–Kier alpha value is -1.32. The number of carbonyl (C=O) groups excluding carboxylic acids is 2. The van der Waals surface area contributed by atoms with Crippen molar-refractivity contribution >= 4 is 55.8 Å². The van der Waals surface area contributed by atoms with Gasteiger partial charge >= 0.3 is 0 Å². The molecule has 9 heteroatoms. The molecule has 0 atom stereocenters. The number of nitrogens with zero attached hydrogens (tertiary/aromatic N) is 2. The maximum Gasteiger partial charge on any atom is 0.213 e. The minimum absolute atomic E-state index is 0.0192. The van der Waals surface area contributed by atoms with E-state index >= 15 is 0 Å². The normalized spacial score (nSPS) is 8.88. The molecule has 0 spiro atoms. The van der Waals surface area contributed by atoms with Crippen LogP contribution in [0.2, 0.25) is 0 Å². The van der Waals surface area contributed by atoms with Crippen LogP contribution in [0.3, 0.4) is 0 Å². The van der Waals surface area contributed by atoms with Crippen LogP contribution in [0.1, 0.15) is 27.6 Å². The van der Waals surface area contributed by atoms with E-state index in [0.29, 0.717) is 28.2 Å². The van der Waals surface area contributed by atoms with E-state index in [4.69, 9.17) is 9.47 Å². The highest BCUT2D eigenvalue weighted by molar-refractivity contribution is 9.93. The molecule has 25 heavy (non-hydrogen) atoms. The molecule has 6 nitrogen and oxygen atoms in total. The lowest BCUT2D eigenvalue weighted by molar-refractivity contribution is 0.101. The zero-order valence-corrected chi connectivity index (χ0v) is 18.6. The number of pyridine rings is 2. The number of alkyl halides is 1. The van der Waals surface area contributed by atoms with Gasteiger partial charge in [-0.3, -0.25) is 9.59 Å². The first-order chi connectivity index (χ1) is 12.0. The average molecular weight is 541 g/mol. The van der Waals surface area contributed by atoms with Gasteiger partial charge in [0.25, 0.3) is 0 Å². The Kier molecular flexibility index (Phi) is 13.2. The van der Waals surface area contributed by atoms with Crippen LogP contribution >= 0.6 is 44.2 Å². The molecule has 0 radical (unpaired) electrons. The number of Topliss-reactive ketones (excluding diaryl/α,β-unsaturated/α-hetero) is 2. The minimum atomic E-state index is 0.0192. The fourth-order valence-electron chi connectivity index (χ4n) is 1.51. The van der Waals surface area contributed by atoms with Gasteiger partial charge in [-0.1, -0.05) is 15.9 Å². The molecule has 0 unspecified atom stereocenters. The van der Waals surface area contributed by atoms with Gasteiger partial charge in [0.1, 0.15) is 0 Å². The Balaban J connectivity index is 0.000000421. The first-order valence-corrected chi connectivity index (χ1v) is 11.6. The number of rotatable bonds is 5. The van der Waals surface area contributed by atoms with Crippen molar-refractivity contribution in [2.75, 3.05) is 19.5 Å². The maximum absolute atomic E-state index is 11.2. The van der Waals surface area contributed by atoms with Crippen molar-refractivity contribution in [3.05, 3.63) is 47.8 Å². The SMILES string of the molecule is BrBr.COc1cc(C(=O)CBr)ccn1.COc1cc(C(C)=O)ccn1. The summed E-state index contributed by atoms with van der Waals surface area (Å²) < 4.78 is 9.71. The van der Waals surface area contributed by atoms with Gasteiger partial charge in [0.15, 0.2) is 11.6 Å². The summed E-state index contributed by atoms with van der Waals surface area (Å²) in [5, 5.41) is 0.320. The molecule has 0 N–H and O–H groups in total. The van der Waals surface area contributed by atoms with Gasteiger partial charge in [0.05, 0.1) is 19.5 Å². The van der Waals surface area contributed by atoms with Crippen molar-refractivity contribution in [3.8, 4) is 11.8 Å². The van der Waals surface area contributed by atoms with Crippen molar-refractivity contribution in [2.24, 2.45) is 0 Å². The molecule has 2 aromatic heterocycles. The van der Waals surface area contributed by atoms with E-state index in [9.17, 15) is 9.59 Å². The van der Waals surface area contributed by atoms with Crippen LogP contribution in [0.4, 0.5) is 0 Å². The summed E-state index contributed by atoms with van der Waals surface area (Å²) in [4.78, 5) is 29.7. The number of methoxy groups -OCH3 is 2. The lowest BCUT2D eigenvalue weighted by atomic mass is 10.2. The molecular weight excluding hydrogens is 524 g/mol. The maximum atomic E-state index is 11.2. The Morgan fingerprint density at radius 3 is 1.80 bits per heavy atom. The number of hydrogen-bond acceptors (Lipinski definition) is 6. The number of ether oxygens (including phenoxy) is 2. The van der Waals surface area contributed by atoms with Crippen molar-refractivity contribution < 1.29 is 19.1 Å². The molecule has 0 aliphatic carbocycles. The standard InChI is InChI=1S/C8H8BrNO2.C8H9NO2.Br2/c1-12-8-4-6(2-3-10-8)7(11)5-9;1-6(10)7-3-4-9-8(5-7)11-2;1-2/h2-4H,5H2,1H3;3-5H,1-2H3;. The van der Waals surface area contributed by atoms with E-state index in [-0.39, 0.29) is 11.6 Å². The van der Waals surface area contributed by atoms with E-state index in [0.717, 1.165) is 0 Å². The van der Waals surface area contributed by atoms with E-state index in [1.54, 1.807) is 36.7 Å². The third kappa shape index (κ3) is 9.08. The summed E-state index contributed by atoms with van der Waals surface area (Å²) in [6, 6.07) is 6.54. The van der Waals surface area contributed by atoms with Gasteiger partial charge in [-0.2, -0.15) is 0 Å². The van der Waals surface area contributed by atoms with E-state index < -0.39 is 0 Å². The Morgan fingerprint density at radius 2 is 1.40 bits per heavy atom. The number of ketones is 2. The highest BCUT2D eigenvalue weighted by Gasteiger charge is 2.04. The molecule has 0 bridgehead atoms. The predicted octanol–water partition coefficient (Wildman–Crippen LogP) is 4.65. The number of aromatic nitrogens is 2. The third-order valence-corrected chi connectivity index (χ3v) is 3.25. The van der Waals surface area contributed by atoms with Crippen LogP contribution in [0.5, 0.6) is 11.8 Å². The first kappa shape index (κ1) is 23.7. The van der Waals surface area contributed by atoms with Crippen LogP contribution in [0.15, 0.2) is 36.7 Å². The van der Waals surface area contributed by atoms with Gasteiger partial charge in [0.2, 0.25) is 11.8 Å². The second kappa shape index (κ2) is 13.9. The molecule has 136 valence electrons. The van der Waals surface area contributed by atoms with Crippen LogP contribution < -0.4 is 9.47 Å². The Bertz CT molecular complexity index is 684. The molecule has 0 saturated heterocycles. The van der Waals surface area contributed by atoms with Gasteiger partial charge < -0.3 is 9.47 Å². The summed E-state index contributed by atoms with van der Waals surface area (Å²) in [6.45, 7) is 1.51. The molecule has 0 amide bonds. The van der Waals surface area contributed by atoms with Gasteiger partial charge in [-0.15, -0.1) is 0 Å². The second-order valence-electron chi connectivity index (χ2n) is 4.29. The number of hydrogen-bond donors (Lipinski definition) is 0. The monoisotopic (exact) mass is 538 g/mol. The lowest BCUT2D eigenvalue weighted by Crippen LogP contribution is -2.00. The highest BCUT2D eigenvalue weighted by Crippen LogP contribution is 2.10. The van der Waals surface area contributed by atoms with Crippen molar-refractivity contribution in [2.45, 2.75) is 6.92 Å². The van der Waals surface area contributed by atoms with Crippen LogP contribution in [-0.4, -0.2) is 41.1 Å². The van der Waals surface area contributed by atoms with Gasteiger partial charge in [-0.25, -0.2) is 9.97 Å². The van der Waals surface area contributed by atoms with E-state index in [2.05, 4.69) is 54.2 Å². The van der Waals surface area contributed by atoms with Gasteiger partial charge in [-0.05, 0) is 19.1 Å². The van der Waals surface area contributed by atoms with Crippen LogP contribution in [0.25, 0.3) is 0 Å². The van der Waals surface area contributed by atoms with Crippen molar-refractivity contribution in [1.29, 1.82) is 0 Å². The van der Waals surface area contributed by atoms with Crippen LogP contribution in [-0.2, 0) is 0 Å². The summed E-state index contributed by atoms with van der Waals surface area (Å²) >= 11 is 8.59. The highest BCUT2D eigenvalue weighted by atomic mass is 80.9. The third-order valence-electron chi connectivity index (χ3n) is 2.74. The predicted molar refractivity (Wildman–Crippen MR) is 108 cm³/mol. The zero-order chi connectivity index (χ0) is 19.2. The van der Waals surface area contributed by atoms with Crippen molar-refractivity contribution in [1.82, 2.24) is 9.97 Å². The van der Waals surface area contributed by atoms with Gasteiger partial charge in [0, 0.05) is 63.9 Å². The molecule has 0 aliphatic rings. The summed E-state index contributed by atoms with van der Waals surface area (Å²) in [5.41, 5.74) is 1.23.